The molecular weight excluding hydrogens is 517 g/mol. The summed E-state index contributed by atoms with van der Waals surface area (Å²) in [6, 6.07) is 8.68. The van der Waals surface area contributed by atoms with Crippen molar-refractivity contribution in [3.63, 3.8) is 0 Å². The van der Waals surface area contributed by atoms with Crippen LogP contribution in [0.25, 0.3) is 0 Å². The fourth-order valence-corrected chi connectivity index (χ4v) is 3.83. The summed E-state index contributed by atoms with van der Waals surface area (Å²) in [5.74, 6) is 3.17. The van der Waals surface area contributed by atoms with Crippen molar-refractivity contribution in [3.05, 3.63) is 47.7 Å². The lowest BCUT2D eigenvalue weighted by Crippen LogP contribution is -2.44. The van der Waals surface area contributed by atoms with Gasteiger partial charge in [0.15, 0.2) is 5.96 Å². The third kappa shape index (κ3) is 7.37. The van der Waals surface area contributed by atoms with E-state index in [1.165, 1.54) is 24.8 Å². The first-order valence-electron chi connectivity index (χ1n) is 11.2. The van der Waals surface area contributed by atoms with Crippen molar-refractivity contribution < 1.29 is 9.15 Å². The van der Waals surface area contributed by atoms with E-state index in [2.05, 4.69) is 58.4 Å². The number of guanidine groups is 1. The summed E-state index contributed by atoms with van der Waals surface area (Å²) >= 11 is 0. The summed E-state index contributed by atoms with van der Waals surface area (Å²) in [5.41, 5.74) is 1.23. The first-order valence-corrected chi connectivity index (χ1v) is 11.2. The Kier molecular flexibility index (Phi) is 10.3. The molecule has 0 radical (unpaired) electrons. The second-order valence-corrected chi connectivity index (χ2v) is 9.06. The number of piperidine rings is 1. The van der Waals surface area contributed by atoms with Crippen LogP contribution in [0.15, 0.2) is 39.9 Å². The van der Waals surface area contributed by atoms with Crippen LogP contribution in [-0.4, -0.2) is 49.6 Å². The molecule has 178 valence electrons. The highest BCUT2D eigenvalue weighted by Gasteiger charge is 2.23. The van der Waals surface area contributed by atoms with E-state index in [0.29, 0.717) is 12.4 Å². The zero-order valence-electron chi connectivity index (χ0n) is 20.0. The van der Waals surface area contributed by atoms with Crippen molar-refractivity contribution in [1.29, 1.82) is 0 Å². The molecule has 1 fully saturated rings. The summed E-state index contributed by atoms with van der Waals surface area (Å²) in [6.45, 7) is 9.85. The Morgan fingerprint density at radius 1 is 1.16 bits per heavy atom. The fourth-order valence-electron chi connectivity index (χ4n) is 3.83. The van der Waals surface area contributed by atoms with E-state index in [1.54, 1.807) is 14.2 Å². The number of oxazole rings is 1. The van der Waals surface area contributed by atoms with Crippen LogP contribution in [0.4, 0.5) is 0 Å². The number of aromatic nitrogens is 1. The SMILES string of the molecule is CN=C(NCc1ncc(C(C)(C)C)o1)NCC(c1ccc(OC)cc1)N1CCCCC1.I. The maximum Gasteiger partial charge on any atom is 0.213 e. The number of aliphatic imine (C=N–C) groups is 1. The summed E-state index contributed by atoms with van der Waals surface area (Å²) < 4.78 is 11.2. The number of halogens is 1. The zero-order valence-corrected chi connectivity index (χ0v) is 22.3. The number of methoxy groups -OCH3 is 1. The topological polar surface area (TPSA) is 74.9 Å². The van der Waals surface area contributed by atoms with E-state index in [0.717, 1.165) is 37.1 Å². The minimum atomic E-state index is -0.0504. The van der Waals surface area contributed by atoms with Crippen LogP contribution in [0.1, 0.15) is 63.3 Å². The number of rotatable bonds is 7. The minimum Gasteiger partial charge on any atom is -0.497 e. The highest BCUT2D eigenvalue weighted by Crippen LogP contribution is 2.26. The van der Waals surface area contributed by atoms with Gasteiger partial charge in [-0.05, 0) is 43.6 Å². The highest BCUT2D eigenvalue weighted by atomic mass is 127. The van der Waals surface area contributed by atoms with E-state index in [1.807, 2.05) is 18.3 Å². The van der Waals surface area contributed by atoms with Crippen LogP contribution in [0.2, 0.25) is 0 Å². The molecular formula is C24H38IN5O2. The van der Waals surface area contributed by atoms with Gasteiger partial charge < -0.3 is 19.8 Å². The Morgan fingerprint density at radius 2 is 1.84 bits per heavy atom. The molecule has 1 aliphatic rings. The largest absolute Gasteiger partial charge is 0.497 e. The fraction of sp³-hybridized carbons (Fsp3) is 0.583. The summed E-state index contributed by atoms with van der Waals surface area (Å²) in [6.07, 6.45) is 5.62. The van der Waals surface area contributed by atoms with Crippen molar-refractivity contribution in [2.75, 3.05) is 33.8 Å². The van der Waals surface area contributed by atoms with E-state index in [9.17, 15) is 0 Å². The van der Waals surface area contributed by atoms with Crippen molar-refractivity contribution >= 4 is 29.9 Å². The van der Waals surface area contributed by atoms with Gasteiger partial charge in [-0.1, -0.05) is 39.3 Å². The van der Waals surface area contributed by atoms with E-state index >= 15 is 0 Å². The zero-order chi connectivity index (χ0) is 22.3. The van der Waals surface area contributed by atoms with Gasteiger partial charge in [-0.3, -0.25) is 9.89 Å². The molecule has 1 aliphatic heterocycles. The van der Waals surface area contributed by atoms with Gasteiger partial charge in [-0.2, -0.15) is 0 Å². The number of likely N-dealkylation sites (tertiary alicyclic amines) is 1. The molecule has 3 rings (SSSR count). The minimum absolute atomic E-state index is 0. The average molecular weight is 556 g/mol. The Labute approximate surface area is 209 Å². The quantitative estimate of drug-likeness (QED) is 0.298. The van der Waals surface area contributed by atoms with Crippen LogP contribution in [0, 0.1) is 0 Å². The van der Waals surface area contributed by atoms with Crippen LogP contribution >= 0.6 is 24.0 Å². The van der Waals surface area contributed by atoms with Crippen molar-refractivity contribution in [2.45, 2.75) is 58.0 Å². The third-order valence-corrected chi connectivity index (χ3v) is 5.72. The molecule has 1 aromatic carbocycles. The Balaban J connectivity index is 0.00000363. The number of nitrogens with zero attached hydrogens (tertiary/aromatic N) is 3. The average Bonchev–Trinajstić information content (AvgIpc) is 3.27. The maximum atomic E-state index is 5.88. The number of hydrogen-bond donors (Lipinski definition) is 2. The van der Waals surface area contributed by atoms with Crippen molar-refractivity contribution in [1.82, 2.24) is 20.5 Å². The molecule has 0 saturated carbocycles. The molecule has 8 heteroatoms. The smallest absolute Gasteiger partial charge is 0.213 e. The summed E-state index contributed by atoms with van der Waals surface area (Å²) in [4.78, 5) is 11.3. The normalized spacial score (nSPS) is 16.2. The number of nitrogens with one attached hydrogen (secondary N) is 2. The molecule has 2 aromatic rings. The molecule has 32 heavy (non-hydrogen) atoms. The van der Waals surface area contributed by atoms with E-state index in [-0.39, 0.29) is 35.4 Å². The first kappa shape index (κ1) is 26.4. The van der Waals surface area contributed by atoms with Gasteiger partial charge in [0.1, 0.15) is 11.5 Å². The predicted molar refractivity (Wildman–Crippen MR) is 140 cm³/mol. The third-order valence-electron chi connectivity index (χ3n) is 5.72. The van der Waals surface area contributed by atoms with Gasteiger partial charge in [0.25, 0.3) is 0 Å². The van der Waals surface area contributed by atoms with Crippen molar-refractivity contribution in [3.8, 4) is 5.75 Å². The van der Waals surface area contributed by atoms with Crippen LogP contribution in [0.5, 0.6) is 5.75 Å². The van der Waals surface area contributed by atoms with Gasteiger partial charge in [0.05, 0.1) is 25.9 Å². The lowest BCUT2D eigenvalue weighted by Gasteiger charge is -2.35. The molecule has 1 unspecified atom stereocenters. The Morgan fingerprint density at radius 3 is 2.41 bits per heavy atom. The Hall–Kier alpha value is -1.81. The molecule has 1 saturated heterocycles. The van der Waals surface area contributed by atoms with Gasteiger partial charge >= 0.3 is 0 Å². The van der Waals surface area contributed by atoms with Crippen LogP contribution < -0.4 is 15.4 Å². The monoisotopic (exact) mass is 555 g/mol. The van der Waals surface area contributed by atoms with Crippen molar-refractivity contribution in [2.24, 2.45) is 4.99 Å². The molecule has 0 aliphatic carbocycles. The molecule has 1 aromatic heterocycles. The number of ether oxygens (including phenoxy) is 1. The standard InChI is InChI=1S/C24H37N5O2.HI/c1-24(2,3)21-16-26-22(31-21)17-28-23(25-4)27-15-20(29-13-7-6-8-14-29)18-9-11-19(30-5)12-10-18;/h9-12,16,20H,6-8,13-15,17H2,1-5H3,(H2,25,27,28);1H. The first-order chi connectivity index (χ1) is 14.9. The van der Waals surface area contributed by atoms with E-state index < -0.39 is 0 Å². The molecule has 0 bridgehead atoms. The second-order valence-electron chi connectivity index (χ2n) is 9.06. The summed E-state index contributed by atoms with van der Waals surface area (Å²) in [5, 5.41) is 6.82. The molecule has 2 heterocycles. The highest BCUT2D eigenvalue weighted by molar-refractivity contribution is 14.0. The van der Waals surface area contributed by atoms with Gasteiger partial charge in [0.2, 0.25) is 5.89 Å². The van der Waals surface area contributed by atoms with E-state index in [4.69, 9.17) is 9.15 Å². The maximum absolute atomic E-state index is 5.88. The van der Waals surface area contributed by atoms with Gasteiger partial charge in [0, 0.05) is 19.0 Å². The number of hydrogen-bond acceptors (Lipinski definition) is 5. The van der Waals surface area contributed by atoms with Gasteiger partial charge in [-0.15, -0.1) is 24.0 Å². The lowest BCUT2D eigenvalue weighted by atomic mass is 9.94. The van der Waals surface area contributed by atoms with Gasteiger partial charge in [-0.25, -0.2) is 4.98 Å². The Bertz CT molecular complexity index is 839. The summed E-state index contributed by atoms with van der Waals surface area (Å²) in [7, 11) is 3.49. The lowest BCUT2D eigenvalue weighted by molar-refractivity contribution is 0.164. The number of benzene rings is 1. The molecule has 2 N–H and O–H groups in total. The van der Waals surface area contributed by atoms with Crippen LogP contribution in [-0.2, 0) is 12.0 Å². The predicted octanol–water partition coefficient (Wildman–Crippen LogP) is 4.49. The van der Waals surface area contributed by atoms with Crippen LogP contribution in [0.3, 0.4) is 0 Å². The molecule has 7 nitrogen and oxygen atoms in total. The molecule has 0 amide bonds. The second kappa shape index (κ2) is 12.4. The molecule has 1 atom stereocenters. The molecule has 0 spiro atoms.